The van der Waals surface area contributed by atoms with Gasteiger partial charge < -0.3 is 5.32 Å². The Morgan fingerprint density at radius 2 is 2.00 bits per heavy atom. The van der Waals surface area contributed by atoms with E-state index in [1.54, 1.807) is 0 Å². The van der Waals surface area contributed by atoms with Gasteiger partial charge in [0.2, 0.25) is 0 Å². The van der Waals surface area contributed by atoms with Gasteiger partial charge in [0, 0.05) is 18.5 Å². The molecular weight excluding hydrogens is 254 g/mol. The van der Waals surface area contributed by atoms with Crippen LogP contribution in [-0.4, -0.2) is 6.54 Å². The van der Waals surface area contributed by atoms with E-state index in [0.717, 1.165) is 6.54 Å². The fraction of sp³-hybridized carbons (Fsp3) is 0.300. The Hall–Kier alpha value is -2.04. The average molecular weight is 275 g/mol. The van der Waals surface area contributed by atoms with E-state index in [9.17, 15) is 0 Å². The zero-order valence-corrected chi connectivity index (χ0v) is 12.5. The Balaban J connectivity index is 1.61. The van der Waals surface area contributed by atoms with Crippen LogP contribution in [0.2, 0.25) is 0 Å². The summed E-state index contributed by atoms with van der Waals surface area (Å²) >= 11 is 0. The molecular formula is C20H21N. The standard InChI is InChI=1S/C20H21N/c1-16(21-15-6-2-3-8-17-13-14-17)19-12-7-10-18-9-4-5-11-20(18)19/h2,4-7,9-12,16-17,21H,13-15H2,1H3/b6-2+/t16-/m1/s1. The molecule has 1 aliphatic carbocycles. The van der Waals surface area contributed by atoms with Gasteiger partial charge in [-0.3, -0.25) is 0 Å². The van der Waals surface area contributed by atoms with Crippen molar-refractivity contribution in [1.82, 2.24) is 5.32 Å². The number of benzene rings is 2. The van der Waals surface area contributed by atoms with Gasteiger partial charge in [0.05, 0.1) is 0 Å². The molecule has 2 aromatic carbocycles. The molecule has 1 saturated carbocycles. The van der Waals surface area contributed by atoms with E-state index in [4.69, 9.17) is 0 Å². The first-order valence-corrected chi connectivity index (χ1v) is 7.72. The fourth-order valence-electron chi connectivity index (χ4n) is 2.49. The number of hydrogen-bond donors (Lipinski definition) is 1. The number of nitrogens with one attached hydrogen (secondary N) is 1. The van der Waals surface area contributed by atoms with Crippen molar-refractivity contribution in [3.63, 3.8) is 0 Å². The van der Waals surface area contributed by atoms with Crippen LogP contribution in [-0.2, 0) is 0 Å². The summed E-state index contributed by atoms with van der Waals surface area (Å²) in [5.41, 5.74) is 1.35. The maximum atomic E-state index is 3.54. The third-order valence-electron chi connectivity index (χ3n) is 3.90. The number of fused-ring (bicyclic) bond motifs is 1. The van der Waals surface area contributed by atoms with E-state index in [-0.39, 0.29) is 0 Å². The van der Waals surface area contributed by atoms with Crippen LogP contribution in [0.3, 0.4) is 0 Å². The van der Waals surface area contributed by atoms with Gasteiger partial charge in [-0.1, -0.05) is 60.4 Å². The lowest BCUT2D eigenvalue weighted by atomic mass is 10.00. The summed E-state index contributed by atoms with van der Waals surface area (Å²) in [5.74, 6) is 7.03. The van der Waals surface area contributed by atoms with Crippen molar-refractivity contribution >= 4 is 10.8 Å². The molecule has 3 rings (SSSR count). The summed E-state index contributed by atoms with van der Waals surface area (Å²) in [4.78, 5) is 0. The molecule has 0 bridgehead atoms. The van der Waals surface area contributed by atoms with Gasteiger partial charge >= 0.3 is 0 Å². The molecule has 0 radical (unpaired) electrons. The summed E-state index contributed by atoms with van der Waals surface area (Å²) in [7, 11) is 0. The molecule has 0 heterocycles. The minimum Gasteiger partial charge on any atom is -0.307 e. The number of rotatable bonds is 4. The molecule has 0 amide bonds. The number of hydrogen-bond acceptors (Lipinski definition) is 1. The molecule has 1 aliphatic rings. The minimum absolute atomic E-state index is 0.331. The lowest BCUT2D eigenvalue weighted by molar-refractivity contribution is 0.621. The molecule has 106 valence electrons. The van der Waals surface area contributed by atoms with E-state index in [1.165, 1.54) is 29.2 Å². The first kappa shape index (κ1) is 13.9. The van der Waals surface area contributed by atoms with Crippen molar-refractivity contribution in [2.24, 2.45) is 5.92 Å². The van der Waals surface area contributed by atoms with Crippen LogP contribution in [0.4, 0.5) is 0 Å². The van der Waals surface area contributed by atoms with Gasteiger partial charge in [-0.05, 0) is 42.2 Å². The van der Waals surface area contributed by atoms with E-state index in [2.05, 4.69) is 72.6 Å². The monoisotopic (exact) mass is 275 g/mol. The van der Waals surface area contributed by atoms with E-state index in [0.29, 0.717) is 12.0 Å². The van der Waals surface area contributed by atoms with Crippen LogP contribution in [0.5, 0.6) is 0 Å². The summed E-state index contributed by atoms with van der Waals surface area (Å²) < 4.78 is 0. The van der Waals surface area contributed by atoms with Gasteiger partial charge in [-0.25, -0.2) is 0 Å². The predicted molar refractivity (Wildman–Crippen MR) is 90.0 cm³/mol. The van der Waals surface area contributed by atoms with Crippen LogP contribution in [0.25, 0.3) is 10.8 Å². The Bertz CT molecular complexity index is 693. The second-order valence-electron chi connectivity index (χ2n) is 5.66. The SMILES string of the molecule is C[C@@H](NC/C=C/C#CC1CC1)c1cccc2ccccc12. The van der Waals surface area contributed by atoms with Gasteiger partial charge in [0.1, 0.15) is 0 Å². The third-order valence-corrected chi connectivity index (χ3v) is 3.90. The molecule has 1 fully saturated rings. The Morgan fingerprint density at radius 3 is 2.86 bits per heavy atom. The molecule has 1 nitrogen and oxygen atoms in total. The molecule has 2 aromatic rings. The predicted octanol–water partition coefficient (Wildman–Crippen LogP) is 4.46. The highest BCUT2D eigenvalue weighted by Crippen LogP contribution is 2.27. The van der Waals surface area contributed by atoms with Gasteiger partial charge in [-0.15, -0.1) is 0 Å². The topological polar surface area (TPSA) is 12.0 Å². The summed E-state index contributed by atoms with van der Waals surface area (Å²) in [5, 5.41) is 6.17. The van der Waals surface area contributed by atoms with Crippen LogP contribution >= 0.6 is 0 Å². The second kappa shape index (κ2) is 6.61. The zero-order chi connectivity index (χ0) is 14.5. The smallest absolute Gasteiger partial charge is 0.0300 e. The van der Waals surface area contributed by atoms with E-state index in [1.807, 2.05) is 6.08 Å². The van der Waals surface area contributed by atoms with Crippen LogP contribution in [0, 0.1) is 17.8 Å². The van der Waals surface area contributed by atoms with Crippen LogP contribution in [0.1, 0.15) is 31.4 Å². The Kier molecular flexibility index (Phi) is 4.38. The van der Waals surface area contributed by atoms with Gasteiger partial charge in [0.25, 0.3) is 0 Å². The molecule has 0 unspecified atom stereocenters. The Morgan fingerprint density at radius 1 is 1.19 bits per heavy atom. The lowest BCUT2D eigenvalue weighted by Gasteiger charge is -2.15. The second-order valence-corrected chi connectivity index (χ2v) is 5.66. The first-order chi connectivity index (χ1) is 10.3. The summed E-state index contributed by atoms with van der Waals surface area (Å²) in [6.07, 6.45) is 6.66. The van der Waals surface area contributed by atoms with Gasteiger partial charge in [0.15, 0.2) is 0 Å². The molecule has 0 saturated heterocycles. The summed E-state index contributed by atoms with van der Waals surface area (Å²) in [6.45, 7) is 3.06. The van der Waals surface area contributed by atoms with Crippen molar-refractivity contribution in [2.75, 3.05) is 6.54 Å². The molecule has 1 heteroatoms. The van der Waals surface area contributed by atoms with Gasteiger partial charge in [-0.2, -0.15) is 0 Å². The van der Waals surface area contributed by atoms with E-state index >= 15 is 0 Å². The normalized spacial score (nSPS) is 15.9. The molecule has 1 N–H and O–H groups in total. The lowest BCUT2D eigenvalue weighted by Crippen LogP contribution is -2.18. The van der Waals surface area contributed by atoms with Crippen molar-refractivity contribution in [3.05, 3.63) is 60.2 Å². The highest BCUT2D eigenvalue weighted by atomic mass is 14.9. The zero-order valence-electron chi connectivity index (χ0n) is 12.5. The highest BCUT2D eigenvalue weighted by molar-refractivity contribution is 5.86. The molecule has 0 aromatic heterocycles. The molecule has 1 atom stereocenters. The Labute approximate surface area is 127 Å². The highest BCUT2D eigenvalue weighted by Gasteiger charge is 2.17. The molecule has 0 aliphatic heterocycles. The van der Waals surface area contributed by atoms with Crippen molar-refractivity contribution in [3.8, 4) is 11.8 Å². The average Bonchev–Trinajstić information content (AvgIpc) is 3.34. The quantitative estimate of drug-likeness (QED) is 0.812. The molecule has 21 heavy (non-hydrogen) atoms. The van der Waals surface area contributed by atoms with E-state index < -0.39 is 0 Å². The summed E-state index contributed by atoms with van der Waals surface area (Å²) in [6, 6.07) is 15.4. The van der Waals surface area contributed by atoms with Crippen molar-refractivity contribution < 1.29 is 0 Å². The maximum Gasteiger partial charge on any atom is 0.0300 e. The minimum atomic E-state index is 0.331. The first-order valence-electron chi connectivity index (χ1n) is 7.72. The van der Waals surface area contributed by atoms with Crippen LogP contribution in [0.15, 0.2) is 54.6 Å². The van der Waals surface area contributed by atoms with Crippen molar-refractivity contribution in [1.29, 1.82) is 0 Å². The number of allylic oxidation sites excluding steroid dienone is 1. The third kappa shape index (κ3) is 3.74. The fourth-order valence-corrected chi connectivity index (χ4v) is 2.49. The maximum absolute atomic E-state index is 3.54. The molecule has 0 spiro atoms. The largest absolute Gasteiger partial charge is 0.307 e. The van der Waals surface area contributed by atoms with Crippen molar-refractivity contribution in [2.45, 2.75) is 25.8 Å². The van der Waals surface area contributed by atoms with Crippen LogP contribution < -0.4 is 5.32 Å².